The molecule has 0 aliphatic carbocycles. The number of nitrogens with one attached hydrogen (secondary N) is 2. The molecule has 1 unspecified atom stereocenters. The second-order valence-electron chi connectivity index (χ2n) is 3.66. The molecule has 0 aliphatic rings. The van der Waals surface area contributed by atoms with E-state index in [1.165, 1.54) is 6.92 Å². The zero-order chi connectivity index (χ0) is 13.7. The average Bonchev–Trinajstić information content (AvgIpc) is 2.34. The van der Waals surface area contributed by atoms with Gasteiger partial charge >= 0.3 is 5.69 Å². The lowest BCUT2D eigenvalue weighted by atomic mass is 10.3. The highest BCUT2D eigenvalue weighted by atomic mass is 16.6. The smallest absolute Gasteiger partial charge is 0.332 e. The zero-order valence-electron chi connectivity index (χ0n) is 10.4. The summed E-state index contributed by atoms with van der Waals surface area (Å²) in [5, 5.41) is 13.8. The Labute approximate surface area is 104 Å². The molecule has 1 heterocycles. The molecule has 0 radical (unpaired) electrons. The third-order valence-electron chi connectivity index (χ3n) is 2.33. The largest absolute Gasteiger partial charge is 0.380 e. The number of methoxy groups -OCH3 is 1. The number of hydrazine groups is 1. The molecule has 100 valence electrons. The van der Waals surface area contributed by atoms with Gasteiger partial charge in [-0.3, -0.25) is 15.5 Å². The Hall–Kier alpha value is -2.00. The van der Waals surface area contributed by atoms with E-state index in [9.17, 15) is 10.1 Å². The summed E-state index contributed by atoms with van der Waals surface area (Å²) in [5.41, 5.74) is 2.32. The van der Waals surface area contributed by atoms with E-state index in [2.05, 4.69) is 20.7 Å². The molecule has 0 spiro atoms. The van der Waals surface area contributed by atoms with Crippen LogP contribution in [-0.4, -0.2) is 34.6 Å². The van der Waals surface area contributed by atoms with Gasteiger partial charge in [-0.2, -0.15) is 4.98 Å². The van der Waals surface area contributed by atoms with Crippen molar-refractivity contribution < 1.29 is 9.66 Å². The molecule has 9 nitrogen and oxygen atoms in total. The van der Waals surface area contributed by atoms with E-state index in [-0.39, 0.29) is 29.3 Å². The molecule has 0 bridgehead atoms. The summed E-state index contributed by atoms with van der Waals surface area (Å²) in [6, 6.07) is 0. The van der Waals surface area contributed by atoms with Crippen molar-refractivity contribution in [1.82, 2.24) is 9.97 Å². The van der Waals surface area contributed by atoms with Crippen molar-refractivity contribution in [1.29, 1.82) is 0 Å². The number of nitrogens with zero attached hydrogens (tertiary/aromatic N) is 3. The predicted molar refractivity (Wildman–Crippen MR) is 66.2 cm³/mol. The second-order valence-corrected chi connectivity index (χ2v) is 3.66. The van der Waals surface area contributed by atoms with Gasteiger partial charge in [-0.25, -0.2) is 10.8 Å². The van der Waals surface area contributed by atoms with E-state index in [1.807, 2.05) is 6.92 Å². The minimum absolute atomic E-state index is 0.103. The van der Waals surface area contributed by atoms with E-state index in [0.29, 0.717) is 6.54 Å². The van der Waals surface area contributed by atoms with Gasteiger partial charge < -0.3 is 10.1 Å². The van der Waals surface area contributed by atoms with Gasteiger partial charge in [-0.05, 0) is 13.8 Å². The number of aryl methyl sites for hydroxylation is 1. The van der Waals surface area contributed by atoms with Crippen molar-refractivity contribution >= 4 is 17.5 Å². The first-order valence-corrected chi connectivity index (χ1v) is 5.25. The first-order valence-electron chi connectivity index (χ1n) is 5.25. The maximum absolute atomic E-state index is 11.0. The summed E-state index contributed by atoms with van der Waals surface area (Å²) in [4.78, 5) is 18.2. The Morgan fingerprint density at radius 2 is 2.22 bits per heavy atom. The third kappa shape index (κ3) is 3.25. The number of nitrogens with two attached hydrogens (primary N) is 1. The van der Waals surface area contributed by atoms with Crippen LogP contribution in [0.15, 0.2) is 0 Å². The normalized spacial score (nSPS) is 12.0. The third-order valence-corrected chi connectivity index (χ3v) is 2.33. The molecule has 1 aromatic rings. The highest BCUT2D eigenvalue weighted by molar-refractivity contribution is 5.60. The number of nitrogen functional groups attached to an aromatic ring is 1. The van der Waals surface area contributed by atoms with E-state index < -0.39 is 4.92 Å². The van der Waals surface area contributed by atoms with E-state index in [1.54, 1.807) is 7.11 Å². The number of aromatic nitrogens is 2. The van der Waals surface area contributed by atoms with Crippen molar-refractivity contribution in [2.24, 2.45) is 5.84 Å². The molecule has 1 rings (SSSR count). The maximum atomic E-state index is 11.0. The van der Waals surface area contributed by atoms with Gasteiger partial charge in [0.2, 0.25) is 11.8 Å². The number of hydrogen-bond acceptors (Lipinski definition) is 8. The van der Waals surface area contributed by atoms with Crippen molar-refractivity contribution in [3.05, 3.63) is 15.8 Å². The predicted octanol–water partition coefficient (Wildman–Crippen LogP) is 0.426. The summed E-state index contributed by atoms with van der Waals surface area (Å²) >= 11 is 0. The Morgan fingerprint density at radius 1 is 1.56 bits per heavy atom. The molecule has 0 fully saturated rings. The number of ether oxygens (including phenoxy) is 1. The van der Waals surface area contributed by atoms with Crippen molar-refractivity contribution in [2.45, 2.75) is 20.0 Å². The zero-order valence-corrected chi connectivity index (χ0v) is 10.4. The fourth-order valence-corrected chi connectivity index (χ4v) is 1.30. The molecule has 9 heteroatoms. The Morgan fingerprint density at radius 3 is 2.72 bits per heavy atom. The fraction of sp³-hybridized carbons (Fsp3) is 0.556. The highest BCUT2D eigenvalue weighted by Gasteiger charge is 2.22. The monoisotopic (exact) mass is 256 g/mol. The minimum Gasteiger partial charge on any atom is -0.380 e. The molecule has 4 N–H and O–H groups in total. The number of hydrogen-bond donors (Lipinski definition) is 3. The molecule has 0 aromatic carbocycles. The average molecular weight is 256 g/mol. The van der Waals surface area contributed by atoms with Crippen molar-refractivity contribution in [2.75, 3.05) is 24.4 Å². The number of anilines is 2. The van der Waals surface area contributed by atoms with Crippen LogP contribution in [0.2, 0.25) is 0 Å². The molecule has 0 aliphatic heterocycles. The maximum Gasteiger partial charge on any atom is 0.332 e. The van der Waals surface area contributed by atoms with Crippen LogP contribution < -0.4 is 16.6 Å². The Bertz CT molecular complexity index is 439. The van der Waals surface area contributed by atoms with E-state index in [4.69, 9.17) is 10.6 Å². The summed E-state index contributed by atoms with van der Waals surface area (Å²) in [6.45, 7) is 3.73. The van der Waals surface area contributed by atoms with Crippen LogP contribution >= 0.6 is 0 Å². The van der Waals surface area contributed by atoms with Gasteiger partial charge in [0.05, 0.1) is 11.0 Å². The van der Waals surface area contributed by atoms with E-state index in [0.717, 1.165) is 0 Å². The van der Waals surface area contributed by atoms with Gasteiger partial charge in [-0.15, -0.1) is 0 Å². The SMILES string of the molecule is COC(C)CNc1nc(NN)nc(C)c1[N+](=O)[O-]. The molecular weight excluding hydrogens is 240 g/mol. The lowest BCUT2D eigenvalue weighted by molar-refractivity contribution is -0.385. The van der Waals surface area contributed by atoms with Crippen LogP contribution in [-0.2, 0) is 4.74 Å². The lowest BCUT2D eigenvalue weighted by Crippen LogP contribution is -2.21. The molecule has 1 atom stereocenters. The van der Waals surface area contributed by atoms with Crippen LogP contribution in [0.5, 0.6) is 0 Å². The molecule has 0 amide bonds. The van der Waals surface area contributed by atoms with Gasteiger partial charge in [0.1, 0.15) is 5.69 Å². The molecule has 0 saturated heterocycles. The van der Waals surface area contributed by atoms with Gasteiger partial charge in [0.15, 0.2) is 0 Å². The molecule has 1 aromatic heterocycles. The lowest BCUT2D eigenvalue weighted by Gasteiger charge is -2.12. The van der Waals surface area contributed by atoms with E-state index >= 15 is 0 Å². The second kappa shape index (κ2) is 6.07. The van der Waals surface area contributed by atoms with Crippen LogP contribution in [0, 0.1) is 17.0 Å². The van der Waals surface area contributed by atoms with Crippen LogP contribution in [0.1, 0.15) is 12.6 Å². The van der Waals surface area contributed by atoms with Crippen molar-refractivity contribution in [3.8, 4) is 0 Å². The van der Waals surface area contributed by atoms with Crippen LogP contribution in [0.3, 0.4) is 0 Å². The Kier molecular flexibility index (Phi) is 4.75. The fourth-order valence-electron chi connectivity index (χ4n) is 1.30. The number of nitro groups is 1. The van der Waals surface area contributed by atoms with Crippen LogP contribution in [0.4, 0.5) is 17.5 Å². The summed E-state index contributed by atoms with van der Waals surface area (Å²) in [7, 11) is 1.55. The summed E-state index contributed by atoms with van der Waals surface area (Å²) < 4.78 is 5.04. The van der Waals surface area contributed by atoms with Crippen LogP contribution in [0.25, 0.3) is 0 Å². The first kappa shape index (κ1) is 14.1. The summed E-state index contributed by atoms with van der Waals surface area (Å²) in [6.07, 6.45) is -0.103. The van der Waals surface area contributed by atoms with Crippen molar-refractivity contribution in [3.63, 3.8) is 0 Å². The highest BCUT2D eigenvalue weighted by Crippen LogP contribution is 2.26. The van der Waals surface area contributed by atoms with Gasteiger partial charge in [0, 0.05) is 13.7 Å². The first-order chi connectivity index (χ1) is 8.49. The van der Waals surface area contributed by atoms with Gasteiger partial charge in [0.25, 0.3) is 0 Å². The Balaban J connectivity index is 3.05. The topological polar surface area (TPSA) is 128 Å². The standard InChI is InChI=1S/C9H16N6O3/c1-5(18-3)4-11-8-7(15(16)17)6(2)12-9(13-8)14-10/h5H,4,10H2,1-3H3,(H2,11,12,13,14). The molecular formula is C9H16N6O3. The summed E-state index contributed by atoms with van der Waals surface area (Å²) in [5.74, 6) is 5.43. The quantitative estimate of drug-likeness (QED) is 0.379. The minimum atomic E-state index is -0.532. The van der Waals surface area contributed by atoms with Gasteiger partial charge in [-0.1, -0.05) is 0 Å². The molecule has 18 heavy (non-hydrogen) atoms. The molecule has 0 saturated carbocycles. The number of rotatable bonds is 6.